The van der Waals surface area contributed by atoms with E-state index in [2.05, 4.69) is 6.58 Å². The van der Waals surface area contributed by atoms with Crippen LogP contribution in [0.5, 0.6) is 0 Å². The van der Waals surface area contributed by atoms with Crippen LogP contribution in [0, 0.1) is 0 Å². The third-order valence-electron chi connectivity index (χ3n) is 2.97. The van der Waals surface area contributed by atoms with Gasteiger partial charge in [0.15, 0.2) is 5.85 Å². The summed E-state index contributed by atoms with van der Waals surface area (Å²) in [5.74, 6) is -1.15. The average molecular weight is 520 g/mol. The first-order valence-electron chi connectivity index (χ1n) is 8.87. The van der Waals surface area contributed by atoms with Crippen molar-refractivity contribution < 1.29 is 26.9 Å². The fraction of sp³-hybridized carbons (Fsp3) is 0.875. The lowest BCUT2D eigenvalue weighted by Crippen LogP contribution is -2.47. The topological polar surface area (TPSA) is 63.2 Å². The SMILES string of the molecule is C=CC(O[Si](C)(OCC(C)Cl)OCC(C)Cl)P(=O)(OCC(C)Cl)OCC(C)Cl. The molecule has 0 radical (unpaired) electrons. The van der Waals surface area contributed by atoms with E-state index in [0.717, 1.165) is 0 Å². The van der Waals surface area contributed by atoms with Crippen molar-refractivity contribution in [3.8, 4) is 0 Å². The van der Waals surface area contributed by atoms with Gasteiger partial charge in [-0.05, 0) is 27.7 Å². The van der Waals surface area contributed by atoms with Crippen LogP contribution in [-0.2, 0) is 26.9 Å². The van der Waals surface area contributed by atoms with E-state index in [1.165, 1.54) is 6.08 Å². The molecule has 0 amide bonds. The summed E-state index contributed by atoms with van der Waals surface area (Å²) < 4.78 is 42.0. The molecule has 5 unspecified atom stereocenters. The fourth-order valence-corrected chi connectivity index (χ4v) is 6.78. The van der Waals surface area contributed by atoms with Gasteiger partial charge in [0, 0.05) is 6.55 Å². The molecule has 5 atom stereocenters. The van der Waals surface area contributed by atoms with Crippen LogP contribution in [0.15, 0.2) is 12.7 Å². The second kappa shape index (κ2) is 14.3. The second-order valence-corrected chi connectivity index (χ2v) is 14.1. The van der Waals surface area contributed by atoms with E-state index in [1.54, 1.807) is 34.2 Å². The van der Waals surface area contributed by atoms with Crippen molar-refractivity contribution in [1.29, 1.82) is 0 Å². The average Bonchev–Trinajstić information content (AvgIpc) is 2.59. The van der Waals surface area contributed by atoms with E-state index in [9.17, 15) is 4.57 Å². The summed E-state index contributed by atoms with van der Waals surface area (Å²) in [6.45, 7) is 12.6. The Kier molecular flexibility index (Phi) is 14.8. The predicted molar refractivity (Wildman–Crippen MR) is 119 cm³/mol. The van der Waals surface area contributed by atoms with Gasteiger partial charge in [-0.1, -0.05) is 12.7 Å². The van der Waals surface area contributed by atoms with Crippen LogP contribution >= 0.6 is 54.0 Å². The van der Waals surface area contributed by atoms with Gasteiger partial charge in [-0.15, -0.1) is 46.4 Å². The maximum atomic E-state index is 13.4. The van der Waals surface area contributed by atoms with Crippen molar-refractivity contribution in [2.24, 2.45) is 0 Å². The van der Waals surface area contributed by atoms with E-state index < -0.39 is 22.2 Å². The van der Waals surface area contributed by atoms with E-state index in [1.807, 2.05) is 0 Å². The lowest BCUT2D eigenvalue weighted by Gasteiger charge is -2.33. The molecule has 0 aromatic carbocycles. The largest absolute Gasteiger partial charge is 0.498 e. The van der Waals surface area contributed by atoms with Gasteiger partial charge in [0.25, 0.3) is 0 Å². The third-order valence-corrected chi connectivity index (χ3v) is 7.69. The van der Waals surface area contributed by atoms with Gasteiger partial charge in [0.1, 0.15) is 0 Å². The predicted octanol–water partition coefficient (Wildman–Crippen LogP) is 5.85. The smallest absolute Gasteiger partial charge is 0.372 e. The Balaban J connectivity index is 5.53. The highest BCUT2D eigenvalue weighted by atomic mass is 35.5. The molecule has 0 aromatic rings. The first-order chi connectivity index (χ1) is 12.8. The van der Waals surface area contributed by atoms with Gasteiger partial charge in [-0.2, -0.15) is 0 Å². The minimum Gasteiger partial charge on any atom is -0.372 e. The van der Waals surface area contributed by atoms with Gasteiger partial charge in [-0.3, -0.25) is 4.57 Å². The minimum absolute atomic E-state index is 0.0133. The van der Waals surface area contributed by atoms with Gasteiger partial charge in [-0.25, -0.2) is 0 Å². The summed E-state index contributed by atoms with van der Waals surface area (Å²) in [5.41, 5.74) is 0. The molecular formula is C16H31Cl4O6PSi. The lowest BCUT2D eigenvalue weighted by molar-refractivity contribution is 0.0544. The summed E-state index contributed by atoms with van der Waals surface area (Å²) >= 11 is 23.8. The van der Waals surface area contributed by atoms with Gasteiger partial charge >= 0.3 is 16.4 Å². The van der Waals surface area contributed by atoms with Crippen molar-refractivity contribution in [2.45, 2.75) is 61.6 Å². The van der Waals surface area contributed by atoms with Crippen LogP contribution in [0.2, 0.25) is 6.55 Å². The number of hydrogen-bond acceptors (Lipinski definition) is 6. The van der Waals surface area contributed by atoms with E-state index in [4.69, 9.17) is 68.7 Å². The molecule has 6 nitrogen and oxygen atoms in total. The molecule has 12 heteroatoms. The zero-order chi connectivity index (χ0) is 22.0. The third kappa shape index (κ3) is 12.8. The molecule has 0 N–H and O–H groups in total. The molecule has 0 aliphatic carbocycles. The molecule has 0 heterocycles. The van der Waals surface area contributed by atoms with Crippen molar-refractivity contribution in [3.05, 3.63) is 12.7 Å². The lowest BCUT2D eigenvalue weighted by atomic mass is 10.5. The van der Waals surface area contributed by atoms with E-state index in [0.29, 0.717) is 0 Å². The second-order valence-electron chi connectivity index (χ2n) is 6.48. The Labute approximate surface area is 190 Å². The Hall–Kier alpha value is 1.15. The summed E-state index contributed by atoms with van der Waals surface area (Å²) in [6.07, 6.45) is 1.32. The van der Waals surface area contributed by atoms with Crippen molar-refractivity contribution in [1.82, 2.24) is 0 Å². The van der Waals surface area contributed by atoms with Crippen LogP contribution in [0.1, 0.15) is 27.7 Å². The van der Waals surface area contributed by atoms with Crippen molar-refractivity contribution >= 4 is 62.8 Å². The highest BCUT2D eigenvalue weighted by Crippen LogP contribution is 2.55. The van der Waals surface area contributed by atoms with Gasteiger partial charge in [0.2, 0.25) is 0 Å². The van der Waals surface area contributed by atoms with Crippen LogP contribution in [0.25, 0.3) is 0 Å². The maximum Gasteiger partial charge on any atom is 0.498 e. The quantitative estimate of drug-likeness (QED) is 0.110. The summed E-state index contributed by atoms with van der Waals surface area (Å²) in [6, 6.07) is 0. The Morgan fingerprint density at radius 2 is 1.21 bits per heavy atom. The minimum atomic E-state index is -3.83. The van der Waals surface area contributed by atoms with Crippen molar-refractivity contribution in [3.63, 3.8) is 0 Å². The highest BCUT2D eigenvalue weighted by molar-refractivity contribution is 7.54. The Bertz CT molecular complexity index is 468. The van der Waals surface area contributed by atoms with E-state index in [-0.39, 0.29) is 47.9 Å². The molecule has 0 aliphatic heterocycles. The number of rotatable bonds is 16. The molecular weight excluding hydrogens is 489 g/mol. The molecule has 0 saturated carbocycles. The molecule has 0 aromatic heterocycles. The molecule has 0 bridgehead atoms. The number of alkyl halides is 4. The number of halogens is 4. The first kappa shape index (κ1) is 29.1. The Morgan fingerprint density at radius 3 is 1.50 bits per heavy atom. The normalized spacial score (nSPS) is 21.8. The summed E-state index contributed by atoms with van der Waals surface area (Å²) in [5, 5.41) is -1.33. The molecule has 28 heavy (non-hydrogen) atoms. The molecule has 0 saturated heterocycles. The monoisotopic (exact) mass is 518 g/mol. The molecule has 168 valence electrons. The Morgan fingerprint density at radius 1 is 0.857 bits per heavy atom. The molecule has 0 aliphatic rings. The van der Waals surface area contributed by atoms with Gasteiger partial charge < -0.3 is 22.3 Å². The zero-order valence-electron chi connectivity index (χ0n) is 16.9. The first-order valence-corrected chi connectivity index (χ1v) is 14.4. The van der Waals surface area contributed by atoms with Gasteiger partial charge in [0.05, 0.1) is 47.9 Å². The molecule has 0 fully saturated rings. The van der Waals surface area contributed by atoms with Crippen LogP contribution in [-0.4, -0.2) is 62.6 Å². The standard InChI is InChI=1S/C16H31Cl4O6PSi/c1-7-16(27(21,22-8-12(2)17)23-9-13(3)18)26-28(6,24-10-14(4)19)25-11-15(5)20/h7,12-16H,1,8-11H2,2-6H3. The van der Waals surface area contributed by atoms with Crippen LogP contribution < -0.4 is 0 Å². The maximum absolute atomic E-state index is 13.4. The van der Waals surface area contributed by atoms with Crippen molar-refractivity contribution in [2.75, 3.05) is 26.4 Å². The molecule has 0 rings (SSSR count). The molecule has 0 spiro atoms. The van der Waals surface area contributed by atoms with Crippen LogP contribution in [0.4, 0.5) is 0 Å². The highest BCUT2D eigenvalue weighted by Gasteiger charge is 2.45. The zero-order valence-corrected chi connectivity index (χ0v) is 21.8. The summed E-state index contributed by atoms with van der Waals surface area (Å²) in [4.78, 5) is 0. The van der Waals surface area contributed by atoms with Crippen LogP contribution in [0.3, 0.4) is 0 Å². The summed E-state index contributed by atoms with van der Waals surface area (Å²) in [7, 11) is -7.15. The number of hydrogen-bond donors (Lipinski definition) is 0. The van der Waals surface area contributed by atoms with E-state index >= 15 is 0 Å². The fourth-order valence-electron chi connectivity index (χ4n) is 1.70.